The van der Waals surface area contributed by atoms with E-state index < -0.39 is 5.97 Å². The number of phenols is 1. The Labute approximate surface area is 178 Å². The number of aliphatic carboxylic acids is 1. The van der Waals surface area contributed by atoms with E-state index in [1.54, 1.807) is 24.3 Å². The molecule has 1 heterocycles. The number of allylic oxidation sites excluding steroid dienone is 4. The standard InChI is InChI=1S/C25H22O4S/c1-14(19-13-20(19)25(28)29)8-9-15(2)22-18-11-10-17(26)12-21(18)30-24(22)23(27)16-6-4-3-5-7-16/h3-12,19-20,26H,13H2,1-2H3,(H,28,29)/b14-8+,15-9+. The van der Waals surface area contributed by atoms with Gasteiger partial charge in [0.25, 0.3) is 0 Å². The Morgan fingerprint density at radius 2 is 1.77 bits per heavy atom. The highest BCUT2D eigenvalue weighted by Crippen LogP contribution is 2.44. The molecule has 152 valence electrons. The van der Waals surface area contributed by atoms with E-state index in [0.29, 0.717) is 16.9 Å². The van der Waals surface area contributed by atoms with Gasteiger partial charge in [0.1, 0.15) is 5.75 Å². The van der Waals surface area contributed by atoms with Crippen molar-refractivity contribution >= 4 is 38.7 Å². The number of hydrogen-bond donors (Lipinski definition) is 2. The molecule has 1 aliphatic rings. The number of ketones is 1. The Morgan fingerprint density at radius 1 is 1.03 bits per heavy atom. The topological polar surface area (TPSA) is 74.6 Å². The summed E-state index contributed by atoms with van der Waals surface area (Å²) < 4.78 is 0.853. The lowest BCUT2D eigenvalue weighted by Gasteiger charge is -2.06. The number of fused-ring (bicyclic) bond motifs is 1. The van der Waals surface area contributed by atoms with Crippen molar-refractivity contribution in [3.8, 4) is 5.75 Å². The fourth-order valence-electron chi connectivity index (χ4n) is 3.79. The summed E-state index contributed by atoms with van der Waals surface area (Å²) in [6.45, 7) is 3.92. The van der Waals surface area contributed by atoms with Crippen molar-refractivity contribution < 1.29 is 19.8 Å². The summed E-state index contributed by atoms with van der Waals surface area (Å²) in [5.41, 5.74) is 3.45. The lowest BCUT2D eigenvalue weighted by Crippen LogP contribution is -2.01. The molecule has 0 aliphatic heterocycles. The van der Waals surface area contributed by atoms with Crippen molar-refractivity contribution in [3.05, 3.63) is 82.3 Å². The molecular formula is C25H22O4S. The van der Waals surface area contributed by atoms with Gasteiger partial charge >= 0.3 is 5.97 Å². The molecule has 1 aliphatic carbocycles. The minimum atomic E-state index is -0.743. The number of carbonyl (C=O) groups excluding carboxylic acids is 1. The molecule has 1 aromatic heterocycles. The molecule has 0 spiro atoms. The number of carboxylic acid groups (broad SMARTS) is 1. The van der Waals surface area contributed by atoms with Gasteiger partial charge in [0.05, 0.1) is 10.8 Å². The van der Waals surface area contributed by atoms with Gasteiger partial charge in [-0.05, 0) is 50.0 Å². The van der Waals surface area contributed by atoms with Crippen LogP contribution in [0, 0.1) is 11.8 Å². The predicted molar refractivity (Wildman–Crippen MR) is 120 cm³/mol. The molecule has 1 fully saturated rings. The normalized spacial score (nSPS) is 19.1. The van der Waals surface area contributed by atoms with Crippen LogP contribution in [0.15, 0.2) is 66.3 Å². The minimum Gasteiger partial charge on any atom is -0.508 e. The molecule has 2 unspecified atom stereocenters. The molecule has 4 rings (SSSR count). The van der Waals surface area contributed by atoms with Crippen LogP contribution in [0.2, 0.25) is 0 Å². The highest BCUT2D eigenvalue weighted by atomic mass is 32.1. The Bertz CT molecular complexity index is 1200. The number of hydrogen-bond acceptors (Lipinski definition) is 4. The summed E-state index contributed by atoms with van der Waals surface area (Å²) in [5.74, 6) is -0.816. The molecule has 0 saturated heterocycles. The van der Waals surface area contributed by atoms with Crippen molar-refractivity contribution in [3.63, 3.8) is 0 Å². The first-order valence-electron chi connectivity index (χ1n) is 9.80. The third-order valence-corrected chi connectivity index (χ3v) is 6.75. The van der Waals surface area contributed by atoms with Gasteiger partial charge < -0.3 is 10.2 Å². The number of aromatic hydroxyl groups is 1. The summed E-state index contributed by atoms with van der Waals surface area (Å²) in [7, 11) is 0. The maximum atomic E-state index is 13.2. The zero-order valence-corrected chi connectivity index (χ0v) is 17.6. The fourth-order valence-corrected chi connectivity index (χ4v) is 5.06. The molecule has 2 atom stereocenters. The second-order valence-corrected chi connectivity index (χ2v) is 8.78. The highest BCUT2D eigenvalue weighted by Gasteiger charge is 2.43. The van der Waals surface area contributed by atoms with Gasteiger partial charge in [-0.25, -0.2) is 0 Å². The van der Waals surface area contributed by atoms with E-state index in [0.717, 1.165) is 26.8 Å². The van der Waals surface area contributed by atoms with Crippen LogP contribution >= 0.6 is 11.3 Å². The zero-order valence-electron chi connectivity index (χ0n) is 16.8. The molecule has 0 bridgehead atoms. The maximum Gasteiger partial charge on any atom is 0.307 e. The first-order valence-corrected chi connectivity index (χ1v) is 10.6. The summed E-state index contributed by atoms with van der Waals surface area (Å²) in [5, 5.41) is 20.0. The molecule has 1 saturated carbocycles. The predicted octanol–water partition coefficient (Wildman–Crippen LogP) is 5.91. The van der Waals surface area contributed by atoms with E-state index in [2.05, 4.69) is 0 Å². The summed E-state index contributed by atoms with van der Waals surface area (Å²) in [6.07, 6.45) is 4.61. The molecule has 4 nitrogen and oxygen atoms in total. The molecule has 30 heavy (non-hydrogen) atoms. The first-order chi connectivity index (χ1) is 14.4. The number of rotatable bonds is 6. The Kier molecular flexibility index (Phi) is 5.31. The summed E-state index contributed by atoms with van der Waals surface area (Å²) >= 11 is 1.38. The van der Waals surface area contributed by atoms with Crippen LogP contribution in [0.5, 0.6) is 5.75 Å². The molecular weight excluding hydrogens is 396 g/mol. The van der Waals surface area contributed by atoms with Crippen LogP contribution in [0.3, 0.4) is 0 Å². The average Bonchev–Trinajstić information content (AvgIpc) is 3.46. The lowest BCUT2D eigenvalue weighted by atomic mass is 9.98. The average molecular weight is 419 g/mol. The molecule has 2 N–H and O–H groups in total. The van der Waals surface area contributed by atoms with Crippen molar-refractivity contribution in [2.24, 2.45) is 11.8 Å². The van der Waals surface area contributed by atoms with Crippen LogP contribution in [0.25, 0.3) is 15.7 Å². The van der Waals surface area contributed by atoms with Crippen LogP contribution in [0.1, 0.15) is 41.1 Å². The number of phenolic OH excluding ortho intramolecular Hbond substituents is 1. The zero-order chi connectivity index (χ0) is 21.4. The fraction of sp³-hybridized carbons (Fsp3) is 0.200. The van der Waals surface area contributed by atoms with Crippen molar-refractivity contribution in [2.45, 2.75) is 20.3 Å². The third-order valence-electron chi connectivity index (χ3n) is 5.60. The van der Waals surface area contributed by atoms with E-state index in [1.165, 1.54) is 11.3 Å². The number of benzene rings is 2. The van der Waals surface area contributed by atoms with Gasteiger partial charge in [0, 0.05) is 21.2 Å². The molecule has 0 amide bonds. The number of carboxylic acids is 1. The van der Waals surface area contributed by atoms with Gasteiger partial charge in [-0.15, -0.1) is 11.3 Å². The van der Waals surface area contributed by atoms with Crippen molar-refractivity contribution in [1.29, 1.82) is 0 Å². The summed E-state index contributed by atoms with van der Waals surface area (Å²) in [6, 6.07) is 14.3. The first kappa shape index (κ1) is 20.1. The van der Waals surface area contributed by atoms with E-state index in [9.17, 15) is 14.7 Å². The van der Waals surface area contributed by atoms with E-state index in [-0.39, 0.29) is 23.4 Å². The van der Waals surface area contributed by atoms with Crippen LogP contribution < -0.4 is 0 Å². The van der Waals surface area contributed by atoms with Gasteiger partial charge in [-0.3, -0.25) is 9.59 Å². The van der Waals surface area contributed by atoms with E-state index >= 15 is 0 Å². The quantitative estimate of drug-likeness (QED) is 0.386. The van der Waals surface area contributed by atoms with E-state index in [4.69, 9.17) is 5.11 Å². The van der Waals surface area contributed by atoms with Crippen LogP contribution in [-0.2, 0) is 4.79 Å². The van der Waals surface area contributed by atoms with E-state index in [1.807, 2.05) is 50.3 Å². The molecule has 3 aromatic rings. The lowest BCUT2D eigenvalue weighted by molar-refractivity contribution is -0.138. The van der Waals surface area contributed by atoms with Gasteiger partial charge in [0.2, 0.25) is 5.78 Å². The third kappa shape index (κ3) is 3.81. The van der Waals surface area contributed by atoms with Gasteiger partial charge in [-0.2, -0.15) is 0 Å². The second-order valence-electron chi connectivity index (χ2n) is 7.73. The Morgan fingerprint density at radius 3 is 2.43 bits per heavy atom. The van der Waals surface area contributed by atoms with Crippen molar-refractivity contribution in [1.82, 2.24) is 0 Å². The molecule has 0 radical (unpaired) electrons. The Balaban J connectivity index is 1.77. The van der Waals surface area contributed by atoms with Crippen LogP contribution in [-0.4, -0.2) is 22.0 Å². The minimum absolute atomic E-state index is 0.0483. The largest absolute Gasteiger partial charge is 0.508 e. The maximum absolute atomic E-state index is 13.2. The molecule has 2 aromatic carbocycles. The van der Waals surface area contributed by atoms with Gasteiger partial charge in [-0.1, -0.05) is 48.1 Å². The monoisotopic (exact) mass is 418 g/mol. The second kappa shape index (κ2) is 7.92. The van der Waals surface area contributed by atoms with Crippen molar-refractivity contribution in [2.75, 3.05) is 0 Å². The highest BCUT2D eigenvalue weighted by molar-refractivity contribution is 7.21. The number of thiophene rings is 1. The summed E-state index contributed by atoms with van der Waals surface area (Å²) in [4.78, 5) is 25.0. The smallest absolute Gasteiger partial charge is 0.307 e. The van der Waals surface area contributed by atoms with Gasteiger partial charge in [0.15, 0.2) is 0 Å². The number of carbonyl (C=O) groups is 2. The van der Waals surface area contributed by atoms with Crippen LogP contribution in [0.4, 0.5) is 0 Å². The Hall–Kier alpha value is -3.18. The molecule has 5 heteroatoms. The SMILES string of the molecule is C/C(=C\C=C(/C)C1CC1C(=O)O)c1c(C(=O)c2ccccc2)sc2cc(O)ccc12.